The normalized spacial score (nSPS) is 59.4. The third kappa shape index (κ3) is 1.41. The molecule has 2 N–H and O–H groups in total. The Morgan fingerprint density at radius 3 is 2.60 bits per heavy atom. The molecule has 138 valence electrons. The van der Waals surface area contributed by atoms with Crippen LogP contribution in [0.4, 0.5) is 0 Å². The molecular weight excluding hydrogens is 320 g/mol. The Hall–Kier alpha value is -0.940. The molecule has 0 aromatic heterocycles. The Morgan fingerprint density at radius 2 is 1.88 bits per heavy atom. The van der Waals surface area contributed by atoms with Gasteiger partial charge in [-0.25, -0.2) is 0 Å². The summed E-state index contributed by atoms with van der Waals surface area (Å²) in [4.78, 5) is 26.3. The van der Waals surface area contributed by atoms with Gasteiger partial charge in [0, 0.05) is 16.7 Å². The molecule has 7 unspecified atom stereocenters. The Morgan fingerprint density at radius 1 is 1.12 bits per heavy atom. The van der Waals surface area contributed by atoms with Crippen LogP contribution in [0.1, 0.15) is 65.2 Å². The first kappa shape index (κ1) is 16.2. The molecule has 5 aliphatic rings. The average molecular weight is 348 g/mol. The van der Waals surface area contributed by atoms with Crippen molar-refractivity contribution >= 4 is 11.8 Å². The molecule has 1 heterocycles. The molecule has 5 fully saturated rings. The maximum Gasteiger partial charge on any atom is 0.312 e. The molecule has 4 bridgehead atoms. The highest BCUT2D eigenvalue weighted by Crippen LogP contribution is 2.77. The van der Waals surface area contributed by atoms with E-state index in [-0.39, 0.29) is 24.3 Å². The third-order valence-corrected chi connectivity index (χ3v) is 9.45. The Labute approximate surface area is 148 Å². The molecule has 1 spiro atoms. The van der Waals surface area contributed by atoms with Crippen LogP contribution in [0.25, 0.3) is 0 Å². The molecule has 0 amide bonds. The maximum atomic E-state index is 13.4. The van der Waals surface area contributed by atoms with Crippen LogP contribution in [0.15, 0.2) is 0 Å². The van der Waals surface area contributed by atoms with Gasteiger partial charge in [0.1, 0.15) is 11.4 Å². The topological polar surface area (TPSA) is 83.8 Å². The van der Waals surface area contributed by atoms with E-state index in [1.807, 2.05) is 0 Å². The van der Waals surface area contributed by atoms with Crippen molar-refractivity contribution in [3.8, 4) is 0 Å². The van der Waals surface area contributed by atoms with Gasteiger partial charge < -0.3 is 14.9 Å². The highest BCUT2D eigenvalue weighted by molar-refractivity contribution is 5.93. The van der Waals surface area contributed by atoms with Crippen molar-refractivity contribution < 1.29 is 24.5 Å². The zero-order valence-electron chi connectivity index (χ0n) is 15.1. The number of aliphatic hydroxyl groups excluding tert-OH is 1. The van der Waals surface area contributed by atoms with Crippen LogP contribution in [0.3, 0.4) is 0 Å². The first-order chi connectivity index (χ1) is 11.7. The number of carbonyl (C=O) groups is 2. The van der Waals surface area contributed by atoms with E-state index in [1.54, 1.807) is 0 Å². The number of carbonyl (C=O) groups excluding carboxylic acids is 2. The largest absolute Gasteiger partial charge is 0.458 e. The van der Waals surface area contributed by atoms with E-state index in [1.165, 1.54) is 0 Å². The van der Waals surface area contributed by atoms with Gasteiger partial charge in [-0.3, -0.25) is 9.59 Å². The van der Waals surface area contributed by atoms with Crippen molar-refractivity contribution in [3.05, 3.63) is 0 Å². The number of hydrogen-bond donors (Lipinski definition) is 2. The molecule has 0 radical (unpaired) electrons. The minimum atomic E-state index is -1.09. The Balaban J connectivity index is 1.70. The summed E-state index contributed by atoms with van der Waals surface area (Å²) in [6.07, 6.45) is 5.77. The zero-order valence-corrected chi connectivity index (χ0v) is 15.1. The van der Waals surface area contributed by atoms with Crippen LogP contribution in [0.2, 0.25) is 0 Å². The van der Waals surface area contributed by atoms with E-state index >= 15 is 0 Å². The standard InChI is InChI=1S/C20H28O5/c1-16-5-3-6-20(25-15(16)23)13(16)4-7-18-11-19(24,9-8-17(18,20)2)12(10-21)14(18)22/h12-13,21,24H,3-11H2,1-2H3. The van der Waals surface area contributed by atoms with E-state index in [2.05, 4.69) is 13.8 Å². The van der Waals surface area contributed by atoms with E-state index < -0.39 is 33.4 Å². The first-order valence-electron chi connectivity index (χ1n) is 9.80. The van der Waals surface area contributed by atoms with Gasteiger partial charge in [-0.15, -0.1) is 0 Å². The van der Waals surface area contributed by atoms with Crippen molar-refractivity contribution in [2.24, 2.45) is 28.1 Å². The van der Waals surface area contributed by atoms with Gasteiger partial charge in [-0.2, -0.15) is 0 Å². The SMILES string of the molecule is CC12CCCC3(OC1=O)C2CCC12CC(O)(CCC13C)C(CO)C2=O. The average Bonchev–Trinajstić information content (AvgIpc) is 2.82. The molecule has 1 aliphatic heterocycles. The summed E-state index contributed by atoms with van der Waals surface area (Å²) in [5.74, 6) is -0.586. The minimum Gasteiger partial charge on any atom is -0.458 e. The van der Waals surface area contributed by atoms with Crippen molar-refractivity contribution in [3.63, 3.8) is 0 Å². The van der Waals surface area contributed by atoms with Gasteiger partial charge in [-0.05, 0) is 58.3 Å². The van der Waals surface area contributed by atoms with Crippen LogP contribution in [-0.2, 0) is 14.3 Å². The monoisotopic (exact) mass is 348 g/mol. The molecule has 5 nitrogen and oxygen atoms in total. The fourth-order valence-electron chi connectivity index (χ4n) is 8.05. The lowest BCUT2D eigenvalue weighted by Crippen LogP contribution is -2.67. The third-order valence-electron chi connectivity index (χ3n) is 9.45. The smallest absolute Gasteiger partial charge is 0.312 e. The van der Waals surface area contributed by atoms with Gasteiger partial charge in [0.15, 0.2) is 0 Å². The van der Waals surface area contributed by atoms with Crippen molar-refractivity contribution in [1.29, 1.82) is 0 Å². The molecule has 5 heteroatoms. The molecule has 4 aliphatic carbocycles. The Kier molecular flexibility index (Phi) is 2.80. The molecule has 4 saturated carbocycles. The fraction of sp³-hybridized carbons (Fsp3) is 0.900. The summed E-state index contributed by atoms with van der Waals surface area (Å²) in [6.45, 7) is 3.90. The number of ketones is 1. The molecule has 0 aromatic carbocycles. The number of aliphatic hydroxyl groups is 2. The van der Waals surface area contributed by atoms with Crippen LogP contribution in [-0.4, -0.2) is 39.8 Å². The molecule has 0 aromatic rings. The van der Waals surface area contributed by atoms with Crippen LogP contribution in [0.5, 0.6) is 0 Å². The predicted octanol–water partition coefficient (Wildman–Crippen LogP) is 1.98. The molecular formula is C20H28O5. The number of Topliss-reactive ketones (excluding diaryl/α,β-unsaturated/α-hetero) is 1. The summed E-state index contributed by atoms with van der Waals surface area (Å²) in [6, 6.07) is 0. The lowest BCUT2D eigenvalue weighted by Gasteiger charge is -2.64. The van der Waals surface area contributed by atoms with Gasteiger partial charge in [0.05, 0.1) is 23.5 Å². The minimum absolute atomic E-state index is 0.0144. The summed E-state index contributed by atoms with van der Waals surface area (Å²) in [5.41, 5.74) is -3.18. The van der Waals surface area contributed by atoms with Crippen LogP contribution < -0.4 is 0 Å². The summed E-state index contributed by atoms with van der Waals surface area (Å²) >= 11 is 0. The van der Waals surface area contributed by atoms with Gasteiger partial charge in [0.2, 0.25) is 0 Å². The second kappa shape index (κ2) is 4.30. The zero-order chi connectivity index (χ0) is 17.9. The predicted molar refractivity (Wildman–Crippen MR) is 88.4 cm³/mol. The number of ether oxygens (including phenoxy) is 1. The highest BCUT2D eigenvalue weighted by atomic mass is 16.6. The molecule has 5 rings (SSSR count). The number of rotatable bonds is 1. The molecule has 1 saturated heterocycles. The summed E-state index contributed by atoms with van der Waals surface area (Å²) in [5, 5.41) is 20.9. The molecule has 7 atom stereocenters. The van der Waals surface area contributed by atoms with Crippen LogP contribution in [0, 0.1) is 28.1 Å². The Bertz CT molecular complexity index is 690. The van der Waals surface area contributed by atoms with Gasteiger partial charge in [-0.1, -0.05) is 6.92 Å². The van der Waals surface area contributed by atoms with Crippen LogP contribution >= 0.6 is 0 Å². The lowest BCUT2D eigenvalue weighted by atomic mass is 9.39. The second-order valence-corrected chi connectivity index (χ2v) is 9.94. The quantitative estimate of drug-likeness (QED) is 0.708. The summed E-state index contributed by atoms with van der Waals surface area (Å²) in [7, 11) is 0. The van der Waals surface area contributed by atoms with Crippen molar-refractivity contribution in [2.45, 2.75) is 76.4 Å². The molecule has 25 heavy (non-hydrogen) atoms. The first-order valence-corrected chi connectivity index (χ1v) is 9.80. The maximum absolute atomic E-state index is 13.4. The van der Waals surface area contributed by atoms with E-state index in [9.17, 15) is 19.8 Å². The van der Waals surface area contributed by atoms with E-state index in [4.69, 9.17) is 4.74 Å². The van der Waals surface area contributed by atoms with E-state index in [0.29, 0.717) is 25.7 Å². The number of hydrogen-bond acceptors (Lipinski definition) is 5. The van der Waals surface area contributed by atoms with Crippen molar-refractivity contribution in [1.82, 2.24) is 0 Å². The van der Waals surface area contributed by atoms with Crippen molar-refractivity contribution in [2.75, 3.05) is 6.61 Å². The van der Waals surface area contributed by atoms with Gasteiger partial charge in [0.25, 0.3) is 0 Å². The number of fused-ring (bicyclic) bond motifs is 1. The lowest BCUT2D eigenvalue weighted by molar-refractivity contribution is -0.231. The second-order valence-electron chi connectivity index (χ2n) is 9.94. The van der Waals surface area contributed by atoms with Gasteiger partial charge >= 0.3 is 5.97 Å². The summed E-state index contributed by atoms with van der Waals surface area (Å²) < 4.78 is 6.21. The highest BCUT2D eigenvalue weighted by Gasteiger charge is 2.81. The number of esters is 1. The van der Waals surface area contributed by atoms with E-state index in [0.717, 1.165) is 25.7 Å². The fourth-order valence-corrected chi connectivity index (χ4v) is 8.05.